The predicted octanol–water partition coefficient (Wildman–Crippen LogP) is 1.29. The summed E-state index contributed by atoms with van der Waals surface area (Å²) in [4.78, 5) is 0. The molecule has 2 rings (SSSR count). The highest BCUT2D eigenvalue weighted by atomic mass is 32.2. The second kappa shape index (κ2) is 5.86. The molecule has 1 aromatic rings. The van der Waals surface area contributed by atoms with Gasteiger partial charge in [0.25, 0.3) is 10.0 Å². The maximum absolute atomic E-state index is 12.2. The fourth-order valence-corrected chi connectivity index (χ4v) is 3.70. The van der Waals surface area contributed by atoms with Crippen molar-refractivity contribution in [3.8, 4) is 0 Å². The van der Waals surface area contributed by atoms with Crippen LogP contribution in [-0.2, 0) is 10.0 Å². The Morgan fingerprint density at radius 3 is 2.72 bits per heavy atom. The second-order valence-electron chi connectivity index (χ2n) is 4.67. The monoisotopic (exact) mass is 272 g/mol. The van der Waals surface area contributed by atoms with Crippen molar-refractivity contribution in [2.45, 2.75) is 24.4 Å². The third-order valence-electron chi connectivity index (χ3n) is 3.47. The smallest absolute Gasteiger partial charge is 0.276 e. The fraction of sp³-hybridized carbons (Fsp3) is 0.667. The Bertz CT molecular complexity index is 448. The van der Waals surface area contributed by atoms with E-state index >= 15 is 0 Å². The van der Waals surface area contributed by atoms with Crippen molar-refractivity contribution in [2.24, 2.45) is 5.92 Å². The number of furan rings is 1. The van der Waals surface area contributed by atoms with Crippen LogP contribution in [0.5, 0.6) is 0 Å². The summed E-state index contributed by atoms with van der Waals surface area (Å²) in [6, 6.07) is 3.11. The molecule has 0 bridgehead atoms. The van der Waals surface area contributed by atoms with Crippen LogP contribution in [0, 0.1) is 5.92 Å². The Kier molecular flexibility index (Phi) is 4.42. The maximum Gasteiger partial charge on any atom is 0.276 e. The summed E-state index contributed by atoms with van der Waals surface area (Å²) in [7, 11) is -1.47. The summed E-state index contributed by atoms with van der Waals surface area (Å²) in [6.07, 6.45) is 4.38. The van der Waals surface area contributed by atoms with E-state index in [-0.39, 0.29) is 5.09 Å². The molecule has 0 saturated carbocycles. The predicted molar refractivity (Wildman–Crippen MR) is 68.7 cm³/mol. The highest BCUT2D eigenvalue weighted by Crippen LogP contribution is 2.25. The molecule has 0 aromatic carbocycles. The van der Waals surface area contributed by atoms with Gasteiger partial charge in [-0.2, -0.15) is 4.31 Å². The first-order valence-electron chi connectivity index (χ1n) is 6.33. The summed E-state index contributed by atoms with van der Waals surface area (Å²) in [6.45, 7) is 2.18. The Morgan fingerprint density at radius 1 is 1.44 bits per heavy atom. The van der Waals surface area contributed by atoms with E-state index in [1.807, 2.05) is 7.05 Å². The van der Waals surface area contributed by atoms with Crippen LogP contribution < -0.4 is 5.32 Å². The third-order valence-corrected chi connectivity index (χ3v) is 5.25. The SMILES string of the molecule is CNCCC1CCN(S(=O)(=O)c2ccco2)CC1. The van der Waals surface area contributed by atoms with E-state index < -0.39 is 10.0 Å². The van der Waals surface area contributed by atoms with Crippen LogP contribution >= 0.6 is 0 Å². The molecule has 1 N–H and O–H groups in total. The van der Waals surface area contributed by atoms with Gasteiger partial charge in [-0.3, -0.25) is 0 Å². The second-order valence-corrected chi connectivity index (χ2v) is 6.54. The lowest BCUT2D eigenvalue weighted by atomic mass is 9.95. The van der Waals surface area contributed by atoms with Crippen LogP contribution in [0.15, 0.2) is 27.9 Å². The van der Waals surface area contributed by atoms with Gasteiger partial charge >= 0.3 is 0 Å². The van der Waals surface area contributed by atoms with Crippen LogP contribution in [0.2, 0.25) is 0 Å². The van der Waals surface area contributed by atoms with E-state index in [4.69, 9.17) is 4.42 Å². The van der Waals surface area contributed by atoms with Crippen molar-refractivity contribution in [3.05, 3.63) is 18.4 Å². The zero-order chi connectivity index (χ0) is 13.0. The molecule has 1 aliphatic rings. The first-order chi connectivity index (χ1) is 8.64. The number of piperidine rings is 1. The molecule has 102 valence electrons. The molecule has 1 aliphatic heterocycles. The molecule has 0 radical (unpaired) electrons. The quantitative estimate of drug-likeness (QED) is 0.877. The van der Waals surface area contributed by atoms with Crippen LogP contribution in [0.1, 0.15) is 19.3 Å². The lowest BCUT2D eigenvalue weighted by molar-refractivity contribution is 0.258. The first kappa shape index (κ1) is 13.6. The summed E-state index contributed by atoms with van der Waals surface area (Å²) in [5.74, 6) is 0.625. The van der Waals surface area contributed by atoms with E-state index in [9.17, 15) is 8.42 Å². The van der Waals surface area contributed by atoms with Crippen molar-refractivity contribution in [1.82, 2.24) is 9.62 Å². The molecule has 1 aromatic heterocycles. The third kappa shape index (κ3) is 2.93. The number of hydrogen-bond donors (Lipinski definition) is 1. The molecule has 0 atom stereocenters. The Hall–Kier alpha value is -0.850. The van der Waals surface area contributed by atoms with Crippen molar-refractivity contribution in [2.75, 3.05) is 26.7 Å². The number of rotatable bonds is 5. The Labute approximate surface area is 108 Å². The minimum atomic E-state index is -3.41. The highest BCUT2D eigenvalue weighted by Gasteiger charge is 2.30. The van der Waals surface area contributed by atoms with Crippen LogP contribution in [-0.4, -0.2) is 39.4 Å². The van der Waals surface area contributed by atoms with Gasteiger partial charge in [-0.25, -0.2) is 8.42 Å². The van der Waals surface area contributed by atoms with Gasteiger partial charge < -0.3 is 9.73 Å². The van der Waals surface area contributed by atoms with Crippen molar-refractivity contribution >= 4 is 10.0 Å². The molecule has 6 heteroatoms. The molecule has 0 unspecified atom stereocenters. The molecule has 5 nitrogen and oxygen atoms in total. The normalized spacial score (nSPS) is 19.2. The zero-order valence-electron chi connectivity index (χ0n) is 10.6. The van der Waals surface area contributed by atoms with Crippen LogP contribution in [0.25, 0.3) is 0 Å². The van der Waals surface area contributed by atoms with Crippen molar-refractivity contribution in [1.29, 1.82) is 0 Å². The van der Waals surface area contributed by atoms with Crippen molar-refractivity contribution < 1.29 is 12.8 Å². The minimum Gasteiger partial charge on any atom is -0.452 e. The highest BCUT2D eigenvalue weighted by molar-refractivity contribution is 7.89. The topological polar surface area (TPSA) is 62.6 Å². The van der Waals surface area contributed by atoms with Gasteiger partial charge in [0, 0.05) is 13.1 Å². The van der Waals surface area contributed by atoms with E-state index in [0.29, 0.717) is 19.0 Å². The Morgan fingerprint density at radius 2 is 2.17 bits per heavy atom. The Balaban J connectivity index is 1.94. The summed E-state index contributed by atoms with van der Waals surface area (Å²) in [5, 5.41) is 3.18. The van der Waals surface area contributed by atoms with Gasteiger partial charge in [-0.15, -0.1) is 0 Å². The number of nitrogens with zero attached hydrogens (tertiary/aromatic N) is 1. The molecular weight excluding hydrogens is 252 g/mol. The van der Waals surface area contributed by atoms with Gasteiger partial charge in [0.15, 0.2) is 0 Å². The van der Waals surface area contributed by atoms with Gasteiger partial charge in [0.1, 0.15) is 0 Å². The lowest BCUT2D eigenvalue weighted by Gasteiger charge is -2.30. The van der Waals surface area contributed by atoms with E-state index in [1.54, 1.807) is 6.07 Å². The maximum atomic E-state index is 12.2. The average molecular weight is 272 g/mol. The van der Waals surface area contributed by atoms with Crippen molar-refractivity contribution in [3.63, 3.8) is 0 Å². The van der Waals surface area contributed by atoms with Crippen LogP contribution in [0.3, 0.4) is 0 Å². The van der Waals surface area contributed by atoms with Gasteiger partial charge in [0.05, 0.1) is 6.26 Å². The molecule has 0 aliphatic carbocycles. The molecule has 0 spiro atoms. The standard InChI is InChI=1S/C12H20N2O3S/c1-13-7-4-11-5-8-14(9-6-11)18(15,16)12-3-2-10-17-12/h2-3,10-11,13H,4-9H2,1H3. The average Bonchev–Trinajstić information content (AvgIpc) is 2.91. The van der Waals surface area contributed by atoms with E-state index in [0.717, 1.165) is 25.8 Å². The van der Waals surface area contributed by atoms with Crippen LogP contribution in [0.4, 0.5) is 0 Å². The summed E-state index contributed by atoms with van der Waals surface area (Å²) >= 11 is 0. The molecule has 1 fully saturated rings. The fourth-order valence-electron chi connectivity index (χ4n) is 2.32. The number of sulfonamides is 1. The van der Waals surface area contributed by atoms with Gasteiger partial charge in [-0.05, 0) is 50.9 Å². The van der Waals surface area contributed by atoms with Gasteiger partial charge in [0.2, 0.25) is 5.09 Å². The van der Waals surface area contributed by atoms with E-state index in [2.05, 4.69) is 5.32 Å². The molecule has 18 heavy (non-hydrogen) atoms. The largest absolute Gasteiger partial charge is 0.452 e. The molecule has 1 saturated heterocycles. The zero-order valence-corrected chi connectivity index (χ0v) is 11.4. The minimum absolute atomic E-state index is 0.0520. The lowest BCUT2D eigenvalue weighted by Crippen LogP contribution is -2.38. The first-order valence-corrected chi connectivity index (χ1v) is 7.77. The van der Waals surface area contributed by atoms with Gasteiger partial charge in [-0.1, -0.05) is 0 Å². The molecule has 2 heterocycles. The summed E-state index contributed by atoms with van der Waals surface area (Å²) in [5.41, 5.74) is 0. The molecular formula is C12H20N2O3S. The van der Waals surface area contributed by atoms with E-state index in [1.165, 1.54) is 16.6 Å². The number of hydrogen-bond acceptors (Lipinski definition) is 4. The summed E-state index contributed by atoms with van der Waals surface area (Å²) < 4.78 is 30.9. The number of nitrogens with one attached hydrogen (secondary N) is 1. The molecule has 0 amide bonds.